The molecule has 3 aromatic rings. The van der Waals surface area contributed by atoms with Crippen LogP contribution in [0, 0.1) is 0 Å². The van der Waals surface area contributed by atoms with Crippen LogP contribution < -0.4 is 19.7 Å². The molecule has 2 aliphatic heterocycles. The molecular formula is C27H25N3O4. The summed E-state index contributed by atoms with van der Waals surface area (Å²) in [4.78, 5) is 29.8. The lowest BCUT2D eigenvalue weighted by Crippen LogP contribution is -2.48. The molecule has 2 heterocycles. The van der Waals surface area contributed by atoms with Crippen LogP contribution in [0.1, 0.15) is 15.9 Å². The van der Waals surface area contributed by atoms with Crippen LogP contribution in [0.4, 0.5) is 11.4 Å². The van der Waals surface area contributed by atoms with Crippen molar-refractivity contribution in [3.8, 4) is 11.5 Å². The zero-order valence-electron chi connectivity index (χ0n) is 18.9. The molecule has 0 saturated carbocycles. The summed E-state index contributed by atoms with van der Waals surface area (Å²) in [6, 6.07) is 22.6. The number of nitrogens with one attached hydrogen (secondary N) is 1. The predicted octanol–water partition coefficient (Wildman–Crippen LogP) is 4.03. The first-order valence-corrected chi connectivity index (χ1v) is 11.2. The summed E-state index contributed by atoms with van der Waals surface area (Å²) in [5.74, 6) is 1.16. The minimum Gasteiger partial charge on any atom is -0.497 e. The number of carbonyl (C=O) groups excluding carboxylic acids is 2. The van der Waals surface area contributed by atoms with Crippen molar-refractivity contribution < 1.29 is 19.1 Å². The zero-order valence-corrected chi connectivity index (χ0v) is 18.9. The average molecular weight is 456 g/mol. The summed E-state index contributed by atoms with van der Waals surface area (Å²) in [5, 5.41) is 2.84. The van der Waals surface area contributed by atoms with E-state index in [1.807, 2.05) is 59.5 Å². The zero-order chi connectivity index (χ0) is 23.5. The van der Waals surface area contributed by atoms with E-state index in [0.717, 1.165) is 30.1 Å². The number of methoxy groups -OCH3 is 1. The topological polar surface area (TPSA) is 71.1 Å². The van der Waals surface area contributed by atoms with Crippen LogP contribution in [0.15, 0.2) is 78.6 Å². The van der Waals surface area contributed by atoms with Crippen molar-refractivity contribution in [1.29, 1.82) is 0 Å². The first kappa shape index (κ1) is 21.6. The second-order valence-electron chi connectivity index (χ2n) is 8.16. The molecule has 172 valence electrons. The Labute approximate surface area is 198 Å². The molecule has 3 aromatic carbocycles. The van der Waals surface area contributed by atoms with Crippen molar-refractivity contribution in [2.24, 2.45) is 0 Å². The highest BCUT2D eigenvalue weighted by atomic mass is 16.5. The molecule has 1 fully saturated rings. The van der Waals surface area contributed by atoms with E-state index in [-0.39, 0.29) is 17.6 Å². The standard InChI is InChI=1S/C27H25N3O4/c1-33-22-10-8-21(9-11-22)29-13-15-30(16-14-29)27(32)20-7-12-24-23(18-20)28-26(31)25(34-24)17-19-5-3-2-4-6-19/h2-12,17-18H,13-16H2,1H3,(H,28,31). The second kappa shape index (κ2) is 9.31. The molecule has 2 amide bonds. The van der Waals surface area contributed by atoms with Gasteiger partial charge in [0.2, 0.25) is 0 Å². The molecule has 2 aliphatic rings. The fourth-order valence-corrected chi connectivity index (χ4v) is 4.14. The number of carbonyl (C=O) groups is 2. The van der Waals surface area contributed by atoms with E-state index >= 15 is 0 Å². The Morgan fingerprint density at radius 1 is 0.971 bits per heavy atom. The van der Waals surface area contributed by atoms with Crippen LogP contribution >= 0.6 is 0 Å². The number of benzene rings is 3. The van der Waals surface area contributed by atoms with Crippen molar-refractivity contribution in [3.05, 3.63) is 89.7 Å². The summed E-state index contributed by atoms with van der Waals surface area (Å²) in [5.41, 5.74) is 3.01. The predicted molar refractivity (Wildman–Crippen MR) is 131 cm³/mol. The van der Waals surface area contributed by atoms with E-state index in [2.05, 4.69) is 10.2 Å². The van der Waals surface area contributed by atoms with E-state index in [1.54, 1.807) is 31.4 Å². The van der Waals surface area contributed by atoms with Crippen molar-refractivity contribution in [2.75, 3.05) is 43.5 Å². The quantitative estimate of drug-likeness (QED) is 0.602. The lowest BCUT2D eigenvalue weighted by molar-refractivity contribution is -0.115. The van der Waals surface area contributed by atoms with E-state index in [4.69, 9.17) is 9.47 Å². The maximum absolute atomic E-state index is 13.1. The minimum atomic E-state index is -0.339. The maximum Gasteiger partial charge on any atom is 0.291 e. The van der Waals surface area contributed by atoms with E-state index in [0.29, 0.717) is 30.1 Å². The summed E-state index contributed by atoms with van der Waals surface area (Å²) in [7, 11) is 1.65. The Bertz CT molecular complexity index is 1230. The monoisotopic (exact) mass is 455 g/mol. The van der Waals surface area contributed by atoms with Crippen LogP contribution in [0.2, 0.25) is 0 Å². The molecule has 0 atom stereocenters. The molecular weight excluding hydrogens is 430 g/mol. The molecule has 0 bridgehead atoms. The van der Waals surface area contributed by atoms with Crippen molar-refractivity contribution in [3.63, 3.8) is 0 Å². The summed E-state index contributed by atoms with van der Waals surface area (Å²) in [6.45, 7) is 2.73. The third-order valence-electron chi connectivity index (χ3n) is 6.02. The van der Waals surface area contributed by atoms with Crippen molar-refractivity contribution in [2.45, 2.75) is 0 Å². The van der Waals surface area contributed by atoms with Crippen LogP contribution in [-0.4, -0.2) is 50.0 Å². The summed E-state index contributed by atoms with van der Waals surface area (Å²) >= 11 is 0. The number of ether oxygens (including phenoxy) is 2. The Kier molecular flexibility index (Phi) is 5.91. The third-order valence-corrected chi connectivity index (χ3v) is 6.02. The van der Waals surface area contributed by atoms with Gasteiger partial charge in [-0.15, -0.1) is 0 Å². The van der Waals surface area contributed by atoms with Gasteiger partial charge in [0.1, 0.15) is 5.75 Å². The lowest BCUT2D eigenvalue weighted by atomic mass is 10.1. The Balaban J connectivity index is 1.25. The van der Waals surface area contributed by atoms with Gasteiger partial charge in [-0.05, 0) is 54.1 Å². The van der Waals surface area contributed by atoms with Gasteiger partial charge < -0.3 is 24.6 Å². The number of hydrogen-bond donors (Lipinski definition) is 1. The Morgan fingerprint density at radius 3 is 2.41 bits per heavy atom. The van der Waals surface area contributed by atoms with Gasteiger partial charge in [0.15, 0.2) is 11.5 Å². The average Bonchev–Trinajstić information content (AvgIpc) is 2.89. The normalized spacial score (nSPS) is 16.5. The number of hydrogen-bond acceptors (Lipinski definition) is 5. The van der Waals surface area contributed by atoms with Gasteiger partial charge in [0, 0.05) is 37.4 Å². The lowest BCUT2D eigenvalue weighted by Gasteiger charge is -2.36. The largest absolute Gasteiger partial charge is 0.497 e. The number of piperazine rings is 1. The van der Waals surface area contributed by atoms with Crippen molar-refractivity contribution >= 4 is 29.3 Å². The highest BCUT2D eigenvalue weighted by Crippen LogP contribution is 2.33. The Hall–Kier alpha value is -4.26. The molecule has 34 heavy (non-hydrogen) atoms. The van der Waals surface area contributed by atoms with Gasteiger partial charge in [-0.25, -0.2) is 0 Å². The molecule has 0 aromatic heterocycles. The molecule has 5 rings (SSSR count). The van der Waals surface area contributed by atoms with Gasteiger partial charge in [0.25, 0.3) is 11.8 Å². The van der Waals surface area contributed by atoms with Gasteiger partial charge in [0.05, 0.1) is 12.8 Å². The highest BCUT2D eigenvalue weighted by molar-refractivity contribution is 6.09. The molecule has 7 heteroatoms. The maximum atomic E-state index is 13.1. The van der Waals surface area contributed by atoms with E-state index < -0.39 is 0 Å². The smallest absolute Gasteiger partial charge is 0.291 e. The summed E-state index contributed by atoms with van der Waals surface area (Å²) < 4.78 is 11.0. The van der Waals surface area contributed by atoms with Gasteiger partial charge in [-0.2, -0.15) is 0 Å². The first-order chi connectivity index (χ1) is 16.6. The number of fused-ring (bicyclic) bond motifs is 1. The molecule has 0 radical (unpaired) electrons. The molecule has 7 nitrogen and oxygen atoms in total. The number of rotatable bonds is 4. The SMILES string of the molecule is COc1ccc(N2CCN(C(=O)c3ccc4c(c3)NC(=O)C(=Cc3ccccc3)O4)CC2)cc1. The third kappa shape index (κ3) is 4.45. The fourth-order valence-electron chi connectivity index (χ4n) is 4.14. The Morgan fingerprint density at radius 2 is 1.71 bits per heavy atom. The van der Waals surface area contributed by atoms with Crippen molar-refractivity contribution in [1.82, 2.24) is 4.90 Å². The first-order valence-electron chi connectivity index (χ1n) is 11.2. The van der Waals surface area contributed by atoms with Crippen LogP contribution in [0.5, 0.6) is 11.5 Å². The highest BCUT2D eigenvalue weighted by Gasteiger charge is 2.26. The molecule has 0 unspecified atom stereocenters. The number of amides is 2. The van der Waals surface area contributed by atoms with E-state index in [9.17, 15) is 9.59 Å². The minimum absolute atomic E-state index is 0.0583. The van der Waals surface area contributed by atoms with Gasteiger partial charge >= 0.3 is 0 Å². The van der Waals surface area contributed by atoms with Crippen LogP contribution in [0.25, 0.3) is 6.08 Å². The van der Waals surface area contributed by atoms with Gasteiger partial charge in [-0.3, -0.25) is 9.59 Å². The number of anilines is 2. The molecule has 0 aliphatic carbocycles. The molecule has 1 saturated heterocycles. The van der Waals surface area contributed by atoms with E-state index in [1.165, 1.54) is 0 Å². The van der Waals surface area contributed by atoms with Crippen LogP contribution in [0.3, 0.4) is 0 Å². The number of nitrogens with zero attached hydrogens (tertiary/aromatic N) is 2. The molecule has 0 spiro atoms. The molecule has 1 N–H and O–H groups in total. The second-order valence-corrected chi connectivity index (χ2v) is 8.16. The van der Waals surface area contributed by atoms with Crippen LogP contribution in [-0.2, 0) is 4.79 Å². The fraction of sp³-hybridized carbons (Fsp3) is 0.185. The summed E-state index contributed by atoms with van der Waals surface area (Å²) in [6.07, 6.45) is 1.69. The van der Waals surface area contributed by atoms with Gasteiger partial charge in [-0.1, -0.05) is 30.3 Å².